The number of rotatable bonds is 6. The molecular weight excluding hydrogens is 362 g/mol. The van der Waals surface area contributed by atoms with E-state index in [0.717, 1.165) is 17.8 Å². The monoisotopic (exact) mass is 391 g/mol. The number of amides is 1. The fourth-order valence-corrected chi connectivity index (χ4v) is 6.79. The van der Waals surface area contributed by atoms with E-state index < -0.39 is 0 Å². The number of thiazole rings is 1. The van der Waals surface area contributed by atoms with Gasteiger partial charge in [-0.2, -0.15) is 0 Å². The van der Waals surface area contributed by atoms with Gasteiger partial charge < -0.3 is 10.1 Å². The maximum absolute atomic E-state index is 12.6. The Morgan fingerprint density at radius 3 is 2.37 bits per heavy atom. The number of nitrogens with one attached hydrogen (secondary N) is 1. The van der Waals surface area contributed by atoms with Gasteiger partial charge in [-0.3, -0.25) is 9.69 Å². The molecule has 5 rings (SSSR count). The molecule has 0 aliphatic heterocycles. The Kier molecular flexibility index (Phi) is 5.01. The lowest BCUT2D eigenvalue weighted by Crippen LogP contribution is -2.59. The number of ether oxygens (including phenoxy) is 1. The fourth-order valence-electron chi connectivity index (χ4n) is 5.91. The molecule has 4 aliphatic rings. The summed E-state index contributed by atoms with van der Waals surface area (Å²) >= 11 is 1.19. The largest absolute Gasteiger partial charge is 0.462 e. The highest BCUT2D eigenvalue weighted by Gasteiger charge is 2.52. The topological polar surface area (TPSA) is 71.5 Å². The molecule has 4 bridgehead atoms. The first kappa shape index (κ1) is 18.9. The number of carbonyl (C=O) groups is 2. The quantitative estimate of drug-likeness (QED) is 0.752. The van der Waals surface area contributed by atoms with E-state index in [0.29, 0.717) is 28.9 Å². The van der Waals surface area contributed by atoms with E-state index >= 15 is 0 Å². The molecule has 6 nitrogen and oxygen atoms in total. The Morgan fingerprint density at radius 2 is 1.81 bits per heavy atom. The summed E-state index contributed by atoms with van der Waals surface area (Å²) in [5, 5.41) is 3.35. The molecule has 1 amide bonds. The second-order valence-electron chi connectivity index (χ2n) is 8.70. The summed E-state index contributed by atoms with van der Waals surface area (Å²) in [6.07, 6.45) is 7.92. The van der Waals surface area contributed by atoms with Crippen molar-refractivity contribution in [1.29, 1.82) is 0 Å². The summed E-state index contributed by atoms with van der Waals surface area (Å²) in [6.45, 7) is 4.24. The molecule has 0 unspecified atom stereocenters. The molecule has 1 aromatic heterocycles. The van der Waals surface area contributed by atoms with Crippen molar-refractivity contribution in [3.63, 3.8) is 0 Å². The van der Waals surface area contributed by atoms with Crippen LogP contribution < -0.4 is 5.32 Å². The van der Waals surface area contributed by atoms with E-state index in [1.807, 2.05) is 0 Å². The molecular formula is C20H29N3O3S. The normalized spacial score (nSPS) is 31.3. The van der Waals surface area contributed by atoms with Gasteiger partial charge in [-0.05, 0) is 77.2 Å². The Labute approximate surface area is 164 Å². The number of hydrogen-bond acceptors (Lipinski definition) is 6. The van der Waals surface area contributed by atoms with Crippen LogP contribution in [0.5, 0.6) is 0 Å². The van der Waals surface area contributed by atoms with Gasteiger partial charge in [0, 0.05) is 5.54 Å². The van der Waals surface area contributed by atoms with Crippen LogP contribution in [-0.4, -0.2) is 47.5 Å². The zero-order valence-corrected chi connectivity index (χ0v) is 17.2. The number of anilines is 1. The van der Waals surface area contributed by atoms with E-state index in [1.54, 1.807) is 13.8 Å². The van der Waals surface area contributed by atoms with Gasteiger partial charge in [0.25, 0.3) is 0 Å². The molecule has 0 saturated heterocycles. The lowest BCUT2D eigenvalue weighted by atomic mass is 9.52. The van der Waals surface area contributed by atoms with Crippen molar-refractivity contribution in [3.8, 4) is 0 Å². The number of aryl methyl sites for hydroxylation is 1. The summed E-state index contributed by atoms with van der Waals surface area (Å²) in [7, 11) is 2.10. The van der Waals surface area contributed by atoms with Gasteiger partial charge in [0.1, 0.15) is 4.88 Å². The lowest BCUT2D eigenvalue weighted by molar-refractivity contribution is -0.123. The summed E-state index contributed by atoms with van der Waals surface area (Å²) in [5.41, 5.74) is 0.809. The van der Waals surface area contributed by atoms with E-state index in [9.17, 15) is 9.59 Å². The summed E-state index contributed by atoms with van der Waals surface area (Å²) in [5.74, 6) is 2.14. The molecule has 1 heterocycles. The van der Waals surface area contributed by atoms with Gasteiger partial charge in [-0.1, -0.05) is 11.3 Å². The third-order valence-corrected chi connectivity index (χ3v) is 7.75. The van der Waals surface area contributed by atoms with Crippen LogP contribution in [0, 0.1) is 24.7 Å². The van der Waals surface area contributed by atoms with Gasteiger partial charge in [0.15, 0.2) is 5.13 Å². The van der Waals surface area contributed by atoms with Crippen molar-refractivity contribution >= 4 is 28.3 Å². The number of aromatic nitrogens is 1. The summed E-state index contributed by atoms with van der Waals surface area (Å²) in [6, 6.07) is 0. The number of hydrogen-bond donors (Lipinski definition) is 1. The van der Waals surface area contributed by atoms with Gasteiger partial charge in [-0.25, -0.2) is 9.78 Å². The van der Waals surface area contributed by atoms with Crippen LogP contribution >= 0.6 is 11.3 Å². The maximum Gasteiger partial charge on any atom is 0.350 e. The molecule has 0 radical (unpaired) electrons. The number of likely N-dealkylation sites (N-methyl/N-ethyl adjacent to an activating group) is 1. The lowest BCUT2D eigenvalue weighted by Gasteiger charge is -2.59. The van der Waals surface area contributed by atoms with Crippen molar-refractivity contribution in [2.75, 3.05) is 25.5 Å². The predicted molar refractivity (Wildman–Crippen MR) is 105 cm³/mol. The molecule has 1 aromatic rings. The highest BCUT2D eigenvalue weighted by atomic mass is 32.1. The molecule has 0 aromatic carbocycles. The van der Waals surface area contributed by atoms with Gasteiger partial charge in [0.2, 0.25) is 5.91 Å². The smallest absolute Gasteiger partial charge is 0.350 e. The minimum atomic E-state index is -0.376. The molecule has 7 heteroatoms. The minimum absolute atomic E-state index is 0.0580. The molecule has 27 heavy (non-hydrogen) atoms. The standard InChI is InChI=1S/C20H29N3O3S/c1-4-26-18(25)17-12(2)21-19(27-17)22-16(24)11-23(3)20-8-13-5-14(9-20)7-15(6-13)10-20/h13-15H,4-11H2,1-3H3,(H,21,22,24). The highest BCUT2D eigenvalue weighted by Crippen LogP contribution is 2.57. The Morgan fingerprint density at radius 1 is 1.22 bits per heavy atom. The van der Waals surface area contributed by atoms with Crippen LogP contribution in [0.15, 0.2) is 0 Å². The van der Waals surface area contributed by atoms with Crippen LogP contribution in [0.3, 0.4) is 0 Å². The summed E-state index contributed by atoms with van der Waals surface area (Å²) in [4.78, 5) is 31.6. The number of esters is 1. The first-order valence-electron chi connectivity index (χ1n) is 10.0. The zero-order valence-electron chi connectivity index (χ0n) is 16.4. The number of carbonyl (C=O) groups excluding carboxylic acids is 2. The fraction of sp³-hybridized carbons (Fsp3) is 0.750. The van der Waals surface area contributed by atoms with Crippen LogP contribution in [0.4, 0.5) is 5.13 Å². The van der Waals surface area contributed by atoms with Crippen LogP contribution in [0.2, 0.25) is 0 Å². The summed E-state index contributed by atoms with van der Waals surface area (Å²) < 4.78 is 5.04. The first-order valence-corrected chi connectivity index (χ1v) is 10.9. The number of nitrogens with zero attached hydrogens (tertiary/aromatic N) is 2. The predicted octanol–water partition coefficient (Wildman–Crippen LogP) is 3.47. The molecule has 148 valence electrons. The third-order valence-electron chi connectivity index (χ3n) is 6.70. The van der Waals surface area contributed by atoms with Gasteiger partial charge >= 0.3 is 5.97 Å². The van der Waals surface area contributed by atoms with Crippen molar-refractivity contribution in [2.45, 2.75) is 57.9 Å². The molecule has 0 atom stereocenters. The molecule has 4 aliphatic carbocycles. The van der Waals surface area contributed by atoms with Crippen molar-refractivity contribution < 1.29 is 14.3 Å². The average molecular weight is 392 g/mol. The van der Waals surface area contributed by atoms with Crippen molar-refractivity contribution in [3.05, 3.63) is 10.6 Å². The van der Waals surface area contributed by atoms with E-state index in [-0.39, 0.29) is 17.4 Å². The first-order chi connectivity index (χ1) is 12.9. The Bertz CT molecular complexity index is 710. The SMILES string of the molecule is CCOC(=O)c1sc(NC(=O)CN(C)C23CC4CC(CC(C4)C2)C3)nc1C. The van der Waals surface area contributed by atoms with Gasteiger partial charge in [-0.15, -0.1) is 0 Å². The Hall–Kier alpha value is -1.47. The van der Waals surface area contributed by atoms with Crippen LogP contribution in [-0.2, 0) is 9.53 Å². The Balaban J connectivity index is 1.38. The highest BCUT2D eigenvalue weighted by molar-refractivity contribution is 7.17. The average Bonchev–Trinajstić information content (AvgIpc) is 2.94. The molecule has 4 fully saturated rings. The van der Waals surface area contributed by atoms with E-state index in [1.165, 1.54) is 49.9 Å². The zero-order chi connectivity index (χ0) is 19.2. The van der Waals surface area contributed by atoms with Crippen molar-refractivity contribution in [1.82, 2.24) is 9.88 Å². The second kappa shape index (κ2) is 7.17. The van der Waals surface area contributed by atoms with Crippen molar-refractivity contribution in [2.24, 2.45) is 17.8 Å². The molecule has 0 spiro atoms. The van der Waals surface area contributed by atoms with Crippen LogP contribution in [0.25, 0.3) is 0 Å². The van der Waals surface area contributed by atoms with Gasteiger partial charge in [0.05, 0.1) is 18.8 Å². The third kappa shape index (κ3) is 3.63. The molecule has 1 N–H and O–H groups in total. The van der Waals surface area contributed by atoms with E-state index in [4.69, 9.17) is 4.74 Å². The molecule has 4 saturated carbocycles. The minimum Gasteiger partial charge on any atom is -0.462 e. The maximum atomic E-state index is 12.6. The second-order valence-corrected chi connectivity index (χ2v) is 9.70. The van der Waals surface area contributed by atoms with E-state index in [2.05, 4.69) is 22.2 Å². The van der Waals surface area contributed by atoms with Crippen LogP contribution in [0.1, 0.15) is 60.8 Å².